The molecular formula is C17H27NO2. The summed E-state index contributed by atoms with van der Waals surface area (Å²) in [6, 6.07) is 8.12. The van der Waals surface area contributed by atoms with Gasteiger partial charge in [-0.3, -0.25) is 4.79 Å². The van der Waals surface area contributed by atoms with E-state index in [1.807, 2.05) is 12.1 Å². The lowest BCUT2D eigenvalue weighted by Crippen LogP contribution is -2.24. The first-order chi connectivity index (χ1) is 9.10. The van der Waals surface area contributed by atoms with Gasteiger partial charge in [0.05, 0.1) is 13.0 Å². The number of hydrogen-bond donors (Lipinski definition) is 1. The van der Waals surface area contributed by atoms with E-state index in [-0.39, 0.29) is 17.7 Å². The predicted octanol–water partition coefficient (Wildman–Crippen LogP) is 3.65. The predicted molar refractivity (Wildman–Crippen MR) is 82.8 cm³/mol. The van der Waals surface area contributed by atoms with E-state index in [2.05, 4.69) is 46.8 Å². The maximum Gasteiger partial charge on any atom is 0.220 e. The molecule has 0 saturated heterocycles. The number of hydrogen-bond acceptors (Lipinski definition) is 2. The normalized spacial score (nSPS) is 12.2. The second kappa shape index (κ2) is 6.29. The van der Waals surface area contributed by atoms with Gasteiger partial charge in [-0.15, -0.1) is 0 Å². The van der Waals surface area contributed by atoms with E-state index in [1.54, 1.807) is 0 Å². The third-order valence-electron chi connectivity index (χ3n) is 3.23. The molecule has 20 heavy (non-hydrogen) atoms. The summed E-state index contributed by atoms with van der Waals surface area (Å²) in [5.41, 5.74) is 6.80. The Kier molecular flexibility index (Phi) is 5.21. The van der Waals surface area contributed by atoms with Crippen molar-refractivity contribution in [2.24, 2.45) is 11.1 Å². The number of nitrogens with two attached hydrogens (primary N) is 1. The highest BCUT2D eigenvalue weighted by molar-refractivity contribution is 5.73. The minimum absolute atomic E-state index is 0.129. The van der Waals surface area contributed by atoms with Crippen LogP contribution in [0.15, 0.2) is 24.3 Å². The van der Waals surface area contributed by atoms with Crippen molar-refractivity contribution >= 4 is 5.91 Å². The third kappa shape index (κ3) is 5.64. The van der Waals surface area contributed by atoms with Gasteiger partial charge in [0.25, 0.3) is 0 Å². The molecule has 1 aromatic rings. The van der Waals surface area contributed by atoms with Gasteiger partial charge in [0.15, 0.2) is 0 Å². The third-order valence-corrected chi connectivity index (χ3v) is 3.23. The lowest BCUT2D eigenvalue weighted by molar-refractivity contribution is -0.118. The van der Waals surface area contributed by atoms with E-state index in [4.69, 9.17) is 10.5 Å². The molecule has 3 heteroatoms. The van der Waals surface area contributed by atoms with Crippen molar-refractivity contribution < 1.29 is 9.53 Å². The summed E-state index contributed by atoms with van der Waals surface area (Å²) < 4.78 is 5.48. The highest BCUT2D eigenvalue weighted by Gasteiger charge is 2.27. The van der Waals surface area contributed by atoms with Crippen LogP contribution in [0.25, 0.3) is 0 Å². The molecule has 0 aliphatic rings. The fraction of sp³-hybridized carbons (Fsp3) is 0.588. The number of carbonyl (C=O) groups is 1. The van der Waals surface area contributed by atoms with Gasteiger partial charge < -0.3 is 10.5 Å². The van der Waals surface area contributed by atoms with Gasteiger partial charge >= 0.3 is 0 Å². The Hall–Kier alpha value is -1.51. The minimum atomic E-state index is -0.340. The summed E-state index contributed by atoms with van der Waals surface area (Å²) in [4.78, 5) is 10.7. The maximum absolute atomic E-state index is 10.7. The Morgan fingerprint density at radius 2 is 1.65 bits per heavy atom. The Balaban J connectivity index is 2.68. The van der Waals surface area contributed by atoms with Gasteiger partial charge in [-0.25, -0.2) is 0 Å². The van der Waals surface area contributed by atoms with Crippen LogP contribution in [0.5, 0.6) is 5.75 Å². The van der Waals surface area contributed by atoms with E-state index in [0.717, 1.165) is 12.2 Å². The van der Waals surface area contributed by atoms with Crippen molar-refractivity contribution in [3.8, 4) is 5.75 Å². The molecule has 0 saturated carbocycles. The smallest absolute Gasteiger partial charge is 0.220 e. The zero-order chi connectivity index (χ0) is 15.4. The van der Waals surface area contributed by atoms with Crippen LogP contribution in [0.2, 0.25) is 0 Å². The molecule has 1 amide bonds. The molecule has 0 spiro atoms. The first kappa shape index (κ1) is 16.5. The molecule has 1 aromatic carbocycles. The molecule has 0 aliphatic carbocycles. The van der Waals surface area contributed by atoms with Crippen LogP contribution in [-0.2, 0) is 10.2 Å². The molecule has 112 valence electrons. The zero-order valence-corrected chi connectivity index (χ0v) is 13.3. The number of rotatable bonds is 6. The topological polar surface area (TPSA) is 52.3 Å². The monoisotopic (exact) mass is 277 g/mol. The van der Waals surface area contributed by atoms with Gasteiger partial charge in [-0.05, 0) is 34.9 Å². The molecule has 3 nitrogen and oxygen atoms in total. The largest absolute Gasteiger partial charge is 0.493 e. The number of benzene rings is 1. The fourth-order valence-electron chi connectivity index (χ4n) is 2.70. The summed E-state index contributed by atoms with van der Waals surface area (Å²) in [7, 11) is 0. The van der Waals surface area contributed by atoms with Crippen LogP contribution in [-0.4, -0.2) is 12.5 Å². The van der Waals surface area contributed by atoms with Crippen molar-refractivity contribution in [2.45, 2.75) is 52.9 Å². The average molecular weight is 277 g/mol. The van der Waals surface area contributed by atoms with Crippen molar-refractivity contribution in [1.29, 1.82) is 0 Å². The molecule has 0 fully saturated rings. The maximum atomic E-state index is 10.7. The van der Waals surface area contributed by atoms with Gasteiger partial charge in [0.1, 0.15) is 5.75 Å². The van der Waals surface area contributed by atoms with E-state index < -0.39 is 0 Å². The minimum Gasteiger partial charge on any atom is -0.493 e. The first-order valence-corrected chi connectivity index (χ1v) is 7.12. The first-order valence-electron chi connectivity index (χ1n) is 7.12. The molecule has 2 N–H and O–H groups in total. The lowest BCUT2D eigenvalue weighted by atomic mass is 9.72. The summed E-state index contributed by atoms with van der Waals surface area (Å²) in [5, 5.41) is 0. The van der Waals surface area contributed by atoms with Gasteiger partial charge in [-0.2, -0.15) is 0 Å². The van der Waals surface area contributed by atoms with Crippen LogP contribution in [0.3, 0.4) is 0 Å². The summed E-state index contributed by atoms with van der Waals surface area (Å²) >= 11 is 0. The highest BCUT2D eigenvalue weighted by atomic mass is 16.5. The van der Waals surface area contributed by atoms with E-state index in [9.17, 15) is 4.79 Å². The van der Waals surface area contributed by atoms with Crippen LogP contribution in [0, 0.1) is 5.41 Å². The quantitative estimate of drug-likeness (QED) is 0.862. The van der Waals surface area contributed by atoms with E-state index in [0.29, 0.717) is 12.0 Å². The number of amides is 1. The van der Waals surface area contributed by atoms with Gasteiger partial charge in [-0.1, -0.05) is 46.8 Å². The Labute approximate surface area is 122 Å². The SMILES string of the molecule is CC(C)(C)CC(C)(C)c1ccc(OCCC(N)=O)cc1. The zero-order valence-electron chi connectivity index (χ0n) is 13.3. The highest BCUT2D eigenvalue weighted by Crippen LogP contribution is 2.36. The van der Waals surface area contributed by atoms with Crippen LogP contribution in [0.4, 0.5) is 0 Å². The van der Waals surface area contributed by atoms with Crippen LogP contribution in [0.1, 0.15) is 53.0 Å². The number of carbonyl (C=O) groups excluding carboxylic acids is 1. The molecule has 0 bridgehead atoms. The average Bonchev–Trinajstić information content (AvgIpc) is 2.26. The molecule has 0 atom stereocenters. The van der Waals surface area contributed by atoms with E-state index >= 15 is 0 Å². The summed E-state index contributed by atoms with van der Waals surface area (Å²) in [6.07, 6.45) is 1.36. The standard InChI is InChI=1S/C17H27NO2/c1-16(2,3)12-17(4,5)13-6-8-14(9-7-13)20-11-10-15(18)19/h6-9H,10-12H2,1-5H3,(H2,18,19). The number of ether oxygens (including phenoxy) is 1. The van der Waals surface area contributed by atoms with Crippen molar-refractivity contribution in [1.82, 2.24) is 0 Å². The van der Waals surface area contributed by atoms with Gasteiger partial charge in [0.2, 0.25) is 5.91 Å². The Bertz CT molecular complexity index is 441. The summed E-state index contributed by atoms with van der Waals surface area (Å²) in [5.74, 6) is 0.439. The molecule has 0 aliphatic heterocycles. The van der Waals surface area contributed by atoms with Crippen LogP contribution < -0.4 is 10.5 Å². The van der Waals surface area contributed by atoms with Crippen LogP contribution >= 0.6 is 0 Å². The van der Waals surface area contributed by atoms with Crippen molar-refractivity contribution in [3.05, 3.63) is 29.8 Å². The second-order valence-electron chi connectivity index (χ2n) is 7.21. The van der Waals surface area contributed by atoms with E-state index in [1.165, 1.54) is 5.56 Å². The fourth-order valence-corrected chi connectivity index (χ4v) is 2.70. The Morgan fingerprint density at radius 3 is 2.10 bits per heavy atom. The second-order valence-corrected chi connectivity index (χ2v) is 7.21. The van der Waals surface area contributed by atoms with Crippen molar-refractivity contribution in [2.75, 3.05) is 6.61 Å². The molecule has 0 unspecified atom stereocenters. The molecular weight excluding hydrogens is 250 g/mol. The summed E-state index contributed by atoms with van der Waals surface area (Å²) in [6.45, 7) is 11.6. The van der Waals surface area contributed by atoms with Gasteiger partial charge in [0, 0.05) is 0 Å². The lowest BCUT2D eigenvalue weighted by Gasteiger charge is -2.33. The Morgan fingerprint density at radius 1 is 1.10 bits per heavy atom. The molecule has 0 aromatic heterocycles. The van der Waals surface area contributed by atoms with Crippen molar-refractivity contribution in [3.63, 3.8) is 0 Å². The number of primary amides is 1. The molecule has 0 radical (unpaired) electrons. The molecule has 1 rings (SSSR count). The molecule has 0 heterocycles.